The minimum absolute atomic E-state index is 0.0492. The zero-order chi connectivity index (χ0) is 19.8. The molecule has 142 valence electrons. The molecule has 1 N–H and O–H groups in total. The average molecular weight is 419 g/mol. The Bertz CT molecular complexity index is 1020. The largest absolute Gasteiger partial charge is 0.417 e. The Hall–Kier alpha value is -2.33. The number of aromatic nitrogens is 3. The maximum atomic E-state index is 13.5. The lowest BCUT2D eigenvalue weighted by molar-refractivity contribution is -0.137. The Morgan fingerprint density at radius 1 is 1.30 bits per heavy atom. The first-order valence-corrected chi connectivity index (χ1v) is 8.82. The van der Waals surface area contributed by atoms with Crippen LogP contribution in [0.2, 0.25) is 5.02 Å². The number of halogens is 5. The Kier molecular flexibility index (Phi) is 5.29. The zero-order valence-corrected chi connectivity index (χ0v) is 15.2. The van der Waals surface area contributed by atoms with Crippen LogP contribution in [0.1, 0.15) is 11.1 Å². The van der Waals surface area contributed by atoms with Crippen LogP contribution in [0.4, 0.5) is 23.2 Å². The van der Waals surface area contributed by atoms with Gasteiger partial charge in [-0.05, 0) is 30.7 Å². The number of fused-ring (bicyclic) bond motifs is 1. The van der Waals surface area contributed by atoms with Gasteiger partial charge in [-0.25, -0.2) is 4.39 Å². The maximum absolute atomic E-state index is 13.5. The van der Waals surface area contributed by atoms with E-state index in [9.17, 15) is 22.4 Å². The molecular weight excluding hydrogens is 408 g/mol. The molecule has 2 aromatic heterocycles. The minimum Gasteiger partial charge on any atom is -0.325 e. The molecule has 1 aromatic carbocycles. The van der Waals surface area contributed by atoms with Crippen molar-refractivity contribution in [3.63, 3.8) is 0 Å². The number of carbonyl (C=O) groups excluding carboxylic acids is 1. The summed E-state index contributed by atoms with van der Waals surface area (Å²) in [6.45, 7) is 1.59. The summed E-state index contributed by atoms with van der Waals surface area (Å²) in [5, 5.41) is 9.88. The average Bonchev–Trinajstić information content (AvgIpc) is 2.99. The molecule has 1 amide bonds. The molecule has 0 fully saturated rings. The Morgan fingerprint density at radius 3 is 2.70 bits per heavy atom. The number of nitrogens with one attached hydrogen (secondary N) is 1. The van der Waals surface area contributed by atoms with E-state index in [1.807, 2.05) is 0 Å². The molecule has 0 spiro atoms. The number of pyridine rings is 1. The molecule has 0 radical (unpaired) electrons. The number of alkyl halides is 3. The second kappa shape index (κ2) is 7.35. The highest BCUT2D eigenvalue weighted by Gasteiger charge is 2.32. The van der Waals surface area contributed by atoms with E-state index in [4.69, 9.17) is 11.6 Å². The summed E-state index contributed by atoms with van der Waals surface area (Å²) < 4.78 is 53.4. The van der Waals surface area contributed by atoms with Gasteiger partial charge >= 0.3 is 6.18 Å². The van der Waals surface area contributed by atoms with E-state index in [0.717, 1.165) is 28.4 Å². The molecule has 0 bridgehead atoms. The third kappa shape index (κ3) is 4.33. The van der Waals surface area contributed by atoms with Crippen LogP contribution < -0.4 is 5.32 Å². The molecule has 0 saturated heterocycles. The van der Waals surface area contributed by atoms with E-state index in [-0.39, 0.29) is 27.3 Å². The minimum atomic E-state index is -4.59. The van der Waals surface area contributed by atoms with Gasteiger partial charge < -0.3 is 5.32 Å². The van der Waals surface area contributed by atoms with E-state index in [2.05, 4.69) is 15.5 Å². The van der Waals surface area contributed by atoms with Gasteiger partial charge in [0.1, 0.15) is 5.82 Å². The van der Waals surface area contributed by atoms with Crippen molar-refractivity contribution >= 4 is 40.6 Å². The molecule has 11 heteroatoms. The number of hydrogen-bond donors (Lipinski definition) is 1. The number of amides is 1. The van der Waals surface area contributed by atoms with E-state index in [1.54, 1.807) is 13.0 Å². The highest BCUT2D eigenvalue weighted by atomic mass is 35.5. The number of aryl methyl sites for hydroxylation is 1. The number of benzene rings is 1. The summed E-state index contributed by atoms with van der Waals surface area (Å²) in [6.07, 6.45) is -3.77. The normalized spacial score (nSPS) is 11.8. The summed E-state index contributed by atoms with van der Waals surface area (Å²) in [5.41, 5.74) is -0.193. The Labute approximate surface area is 159 Å². The molecule has 0 aliphatic carbocycles. The summed E-state index contributed by atoms with van der Waals surface area (Å²) in [5.74, 6) is -1.10. The van der Waals surface area contributed by atoms with E-state index in [0.29, 0.717) is 5.56 Å². The van der Waals surface area contributed by atoms with Crippen LogP contribution in [-0.4, -0.2) is 26.3 Å². The predicted octanol–water partition coefficient (Wildman–Crippen LogP) is 4.58. The van der Waals surface area contributed by atoms with Crippen molar-refractivity contribution in [2.75, 3.05) is 11.1 Å². The standard InChI is InChI=1S/C16H11ClF4N4OS/c1-8-2-3-10(5-12(8)18)22-13(26)7-27-15-24-23-14-11(17)4-9(6-25(14)15)16(19,20)21/h2-6H,7H2,1H3,(H,22,26). The molecule has 5 nitrogen and oxygen atoms in total. The molecule has 0 aliphatic heterocycles. The second-order valence-electron chi connectivity index (χ2n) is 5.55. The molecule has 27 heavy (non-hydrogen) atoms. The van der Waals surface area contributed by atoms with Crippen molar-refractivity contribution in [3.05, 3.63) is 52.4 Å². The van der Waals surface area contributed by atoms with Gasteiger partial charge in [-0.1, -0.05) is 29.4 Å². The van der Waals surface area contributed by atoms with Crippen LogP contribution in [0.15, 0.2) is 35.6 Å². The molecule has 0 unspecified atom stereocenters. The first kappa shape index (κ1) is 19.4. The molecular formula is C16H11ClF4N4OS. The van der Waals surface area contributed by atoms with E-state index < -0.39 is 23.5 Å². The van der Waals surface area contributed by atoms with Gasteiger partial charge in [-0.2, -0.15) is 13.2 Å². The molecule has 3 rings (SSSR count). The lowest BCUT2D eigenvalue weighted by Gasteiger charge is -2.09. The number of anilines is 1. The van der Waals surface area contributed by atoms with Crippen LogP contribution in [0.5, 0.6) is 0 Å². The second-order valence-corrected chi connectivity index (χ2v) is 6.90. The van der Waals surface area contributed by atoms with Gasteiger partial charge in [0.2, 0.25) is 5.91 Å². The SMILES string of the molecule is Cc1ccc(NC(=O)CSc2nnc3c(Cl)cc(C(F)(F)F)cn23)cc1F. The number of nitrogens with zero attached hydrogens (tertiary/aromatic N) is 3. The molecule has 0 saturated carbocycles. The number of carbonyl (C=O) groups is 1. The lowest BCUT2D eigenvalue weighted by Crippen LogP contribution is -2.14. The van der Waals surface area contributed by atoms with E-state index in [1.165, 1.54) is 12.1 Å². The van der Waals surface area contributed by atoms with Crippen molar-refractivity contribution in [1.82, 2.24) is 14.6 Å². The first-order chi connectivity index (χ1) is 12.6. The van der Waals surface area contributed by atoms with Crippen molar-refractivity contribution in [2.45, 2.75) is 18.3 Å². The van der Waals surface area contributed by atoms with Gasteiger partial charge in [-0.15, -0.1) is 10.2 Å². The highest BCUT2D eigenvalue weighted by Crippen LogP contribution is 2.33. The first-order valence-electron chi connectivity index (χ1n) is 7.45. The summed E-state index contributed by atoms with van der Waals surface area (Å²) in [6, 6.07) is 5.01. The smallest absolute Gasteiger partial charge is 0.325 e. The summed E-state index contributed by atoms with van der Waals surface area (Å²) in [7, 11) is 0. The van der Waals surface area contributed by atoms with Crippen molar-refractivity contribution in [2.24, 2.45) is 0 Å². The van der Waals surface area contributed by atoms with Crippen LogP contribution >= 0.6 is 23.4 Å². The fourth-order valence-electron chi connectivity index (χ4n) is 2.18. The van der Waals surface area contributed by atoms with Gasteiger partial charge in [-0.3, -0.25) is 9.20 Å². The predicted molar refractivity (Wildman–Crippen MR) is 93.5 cm³/mol. The monoisotopic (exact) mass is 418 g/mol. The zero-order valence-electron chi connectivity index (χ0n) is 13.6. The number of rotatable bonds is 4. The molecule has 2 heterocycles. The Balaban J connectivity index is 1.75. The summed E-state index contributed by atoms with van der Waals surface area (Å²) >= 11 is 6.71. The third-order valence-corrected chi connectivity index (χ3v) is 4.77. The highest BCUT2D eigenvalue weighted by molar-refractivity contribution is 7.99. The van der Waals surface area contributed by atoms with Gasteiger partial charge in [0.05, 0.1) is 16.3 Å². The van der Waals surface area contributed by atoms with Crippen LogP contribution in [0.3, 0.4) is 0 Å². The molecule has 0 atom stereocenters. The molecule has 0 aliphatic rings. The topological polar surface area (TPSA) is 59.3 Å². The fraction of sp³-hybridized carbons (Fsp3) is 0.188. The van der Waals surface area contributed by atoms with Gasteiger partial charge in [0.25, 0.3) is 0 Å². The quantitative estimate of drug-likeness (QED) is 0.497. The van der Waals surface area contributed by atoms with Crippen LogP contribution in [0, 0.1) is 12.7 Å². The number of thioether (sulfide) groups is 1. The van der Waals surface area contributed by atoms with Crippen molar-refractivity contribution in [1.29, 1.82) is 0 Å². The van der Waals surface area contributed by atoms with Crippen molar-refractivity contribution < 1.29 is 22.4 Å². The third-order valence-electron chi connectivity index (χ3n) is 3.54. The Morgan fingerprint density at radius 2 is 2.04 bits per heavy atom. The van der Waals surface area contributed by atoms with Crippen LogP contribution in [0.25, 0.3) is 5.65 Å². The van der Waals surface area contributed by atoms with Gasteiger partial charge in [0.15, 0.2) is 10.8 Å². The fourth-order valence-corrected chi connectivity index (χ4v) is 3.14. The van der Waals surface area contributed by atoms with Crippen molar-refractivity contribution in [3.8, 4) is 0 Å². The number of hydrogen-bond acceptors (Lipinski definition) is 4. The van der Waals surface area contributed by atoms with Gasteiger partial charge in [0, 0.05) is 11.9 Å². The summed E-state index contributed by atoms with van der Waals surface area (Å²) in [4.78, 5) is 12.0. The van der Waals surface area contributed by atoms with E-state index >= 15 is 0 Å². The lowest BCUT2D eigenvalue weighted by atomic mass is 10.2. The molecule has 3 aromatic rings. The maximum Gasteiger partial charge on any atom is 0.417 e. The van der Waals surface area contributed by atoms with Crippen LogP contribution in [-0.2, 0) is 11.0 Å².